The summed E-state index contributed by atoms with van der Waals surface area (Å²) >= 11 is 0. The highest BCUT2D eigenvalue weighted by Crippen LogP contribution is 2.49. The molecule has 0 bridgehead atoms. The molecule has 1 atom stereocenters. The van der Waals surface area contributed by atoms with Crippen LogP contribution in [0.2, 0.25) is 0 Å². The van der Waals surface area contributed by atoms with Crippen molar-refractivity contribution >= 4 is 23.0 Å². The maximum atomic E-state index is 11.9. The van der Waals surface area contributed by atoms with E-state index in [2.05, 4.69) is 46.7 Å². The van der Waals surface area contributed by atoms with Gasteiger partial charge in [-0.2, -0.15) is 0 Å². The van der Waals surface area contributed by atoms with Gasteiger partial charge in [0.2, 0.25) is 0 Å². The lowest BCUT2D eigenvalue weighted by Gasteiger charge is -2.38. The molecule has 0 radical (unpaired) electrons. The predicted octanol–water partition coefficient (Wildman–Crippen LogP) is 3.49. The Morgan fingerprint density at radius 1 is 1.23 bits per heavy atom. The summed E-state index contributed by atoms with van der Waals surface area (Å²) in [6.07, 6.45) is 3.91. The minimum atomic E-state index is -0.843. The van der Waals surface area contributed by atoms with Crippen molar-refractivity contribution in [1.29, 1.82) is 0 Å². The molecule has 1 unspecified atom stereocenters. The molecule has 0 fully saturated rings. The largest absolute Gasteiger partial charge is 0.478 e. The number of carboxylic acids is 1. The number of anilines is 3. The van der Waals surface area contributed by atoms with Crippen molar-refractivity contribution in [1.82, 2.24) is 0 Å². The number of nitrogens with zero attached hydrogens (tertiary/aromatic N) is 1. The Morgan fingerprint density at radius 3 is 2.58 bits per heavy atom. The van der Waals surface area contributed by atoms with Gasteiger partial charge in [0.05, 0.1) is 28.8 Å². The van der Waals surface area contributed by atoms with Crippen LogP contribution < -0.4 is 15.5 Å². The molecule has 5 rings (SSSR count). The van der Waals surface area contributed by atoms with Crippen molar-refractivity contribution < 1.29 is 9.90 Å². The first kappa shape index (κ1) is 15.6. The fourth-order valence-corrected chi connectivity index (χ4v) is 4.89. The standard InChI is InChI=1S/C21H23N3O2/c1-12-22-19-17(24(12)2)9-16(20(25)26)15-7-8-21(23-18(15)19)10-13-5-3-4-6-14(13)11-21/h3-6,9,12,22-23H,7-8,10-11H2,1-2H3,(H,25,26). The highest BCUT2D eigenvalue weighted by molar-refractivity contribution is 6.00. The smallest absolute Gasteiger partial charge is 0.336 e. The van der Waals surface area contributed by atoms with Gasteiger partial charge in [-0.1, -0.05) is 24.3 Å². The van der Waals surface area contributed by atoms with Crippen LogP contribution in [0.25, 0.3) is 0 Å². The number of nitrogens with one attached hydrogen (secondary N) is 2. The molecule has 0 amide bonds. The number of hydrogen-bond acceptors (Lipinski definition) is 4. The molecule has 1 spiro atoms. The third-order valence-corrected chi connectivity index (χ3v) is 6.38. The molecule has 1 aliphatic carbocycles. The summed E-state index contributed by atoms with van der Waals surface area (Å²) in [6.45, 7) is 2.09. The molecule has 5 heteroatoms. The fraction of sp³-hybridized carbons (Fsp3) is 0.381. The lowest BCUT2D eigenvalue weighted by molar-refractivity contribution is 0.0695. The van der Waals surface area contributed by atoms with E-state index in [-0.39, 0.29) is 11.7 Å². The molecule has 0 saturated heterocycles. The second-order valence-electron chi connectivity index (χ2n) is 7.94. The summed E-state index contributed by atoms with van der Waals surface area (Å²) in [6, 6.07) is 10.5. The number of rotatable bonds is 1. The number of hydrogen-bond donors (Lipinski definition) is 3. The minimum Gasteiger partial charge on any atom is -0.478 e. The van der Waals surface area contributed by atoms with E-state index in [0.717, 1.165) is 48.3 Å². The van der Waals surface area contributed by atoms with Gasteiger partial charge in [-0.3, -0.25) is 0 Å². The third kappa shape index (κ3) is 2.06. The molecule has 26 heavy (non-hydrogen) atoms. The summed E-state index contributed by atoms with van der Waals surface area (Å²) in [7, 11) is 2.01. The summed E-state index contributed by atoms with van der Waals surface area (Å²) in [5.41, 5.74) is 7.19. The Labute approximate surface area is 153 Å². The topological polar surface area (TPSA) is 64.6 Å². The Morgan fingerprint density at radius 2 is 1.92 bits per heavy atom. The molecular weight excluding hydrogens is 326 g/mol. The molecular formula is C21H23N3O2. The van der Waals surface area contributed by atoms with Crippen LogP contribution in [-0.4, -0.2) is 29.8 Å². The van der Waals surface area contributed by atoms with Crippen LogP contribution in [-0.2, 0) is 19.3 Å². The Bertz CT molecular complexity index is 912. The predicted molar refractivity (Wildman–Crippen MR) is 103 cm³/mol. The zero-order chi connectivity index (χ0) is 18.1. The maximum Gasteiger partial charge on any atom is 0.336 e. The average molecular weight is 349 g/mol. The Kier molecular flexibility index (Phi) is 3.09. The van der Waals surface area contributed by atoms with Crippen molar-refractivity contribution in [3.63, 3.8) is 0 Å². The van der Waals surface area contributed by atoms with Crippen molar-refractivity contribution in [3.8, 4) is 0 Å². The summed E-state index contributed by atoms with van der Waals surface area (Å²) in [5, 5.41) is 17.1. The molecule has 2 aliphatic heterocycles. The van der Waals surface area contributed by atoms with Crippen LogP contribution in [0, 0.1) is 0 Å². The second-order valence-corrected chi connectivity index (χ2v) is 7.94. The first-order valence-electron chi connectivity index (χ1n) is 9.25. The van der Waals surface area contributed by atoms with Crippen LogP contribution in [0.5, 0.6) is 0 Å². The van der Waals surface area contributed by atoms with Crippen LogP contribution in [0.1, 0.15) is 40.4 Å². The highest BCUT2D eigenvalue weighted by atomic mass is 16.4. The van der Waals surface area contributed by atoms with E-state index < -0.39 is 5.97 Å². The molecule has 0 aromatic heterocycles. The van der Waals surface area contributed by atoms with E-state index in [4.69, 9.17) is 0 Å². The third-order valence-electron chi connectivity index (χ3n) is 6.38. The number of aromatic carboxylic acids is 1. The van der Waals surface area contributed by atoms with E-state index in [1.54, 1.807) is 0 Å². The minimum absolute atomic E-state index is 0.00629. The van der Waals surface area contributed by atoms with Gasteiger partial charge in [-0.05, 0) is 55.4 Å². The zero-order valence-corrected chi connectivity index (χ0v) is 15.1. The Balaban J connectivity index is 1.62. The van der Waals surface area contributed by atoms with Gasteiger partial charge >= 0.3 is 5.97 Å². The SMILES string of the molecule is CC1Nc2c(cc(C(=O)O)c3c2NC2(CC3)Cc3ccccc3C2)N1C. The molecule has 134 valence electrons. The number of carboxylic acid groups (broad SMARTS) is 1. The van der Waals surface area contributed by atoms with Gasteiger partial charge in [-0.15, -0.1) is 0 Å². The molecule has 5 nitrogen and oxygen atoms in total. The lowest BCUT2D eigenvalue weighted by atomic mass is 9.81. The van der Waals surface area contributed by atoms with Gasteiger partial charge in [-0.25, -0.2) is 4.79 Å². The molecule has 0 saturated carbocycles. The lowest BCUT2D eigenvalue weighted by Crippen LogP contribution is -2.43. The van der Waals surface area contributed by atoms with Gasteiger partial charge < -0.3 is 20.6 Å². The first-order valence-corrected chi connectivity index (χ1v) is 9.25. The normalized spacial score (nSPS) is 21.6. The Hall–Kier alpha value is -2.69. The summed E-state index contributed by atoms with van der Waals surface area (Å²) in [5.74, 6) is -0.843. The number of fused-ring (bicyclic) bond motifs is 4. The zero-order valence-electron chi connectivity index (χ0n) is 15.1. The first-order chi connectivity index (χ1) is 12.5. The molecule has 3 N–H and O–H groups in total. The quantitative estimate of drug-likeness (QED) is 0.736. The highest BCUT2D eigenvalue weighted by Gasteiger charge is 2.42. The van der Waals surface area contributed by atoms with Crippen LogP contribution in [0.4, 0.5) is 17.1 Å². The summed E-state index contributed by atoms with van der Waals surface area (Å²) < 4.78 is 0. The maximum absolute atomic E-state index is 11.9. The van der Waals surface area contributed by atoms with Crippen LogP contribution in [0.15, 0.2) is 30.3 Å². The second kappa shape index (κ2) is 5.16. The number of carbonyl (C=O) groups is 1. The molecule has 2 heterocycles. The van der Waals surface area contributed by atoms with Gasteiger partial charge in [0, 0.05) is 12.6 Å². The average Bonchev–Trinajstić information content (AvgIpc) is 3.11. The van der Waals surface area contributed by atoms with E-state index in [1.807, 2.05) is 13.1 Å². The van der Waals surface area contributed by atoms with E-state index in [0.29, 0.717) is 5.56 Å². The number of benzene rings is 2. The van der Waals surface area contributed by atoms with E-state index >= 15 is 0 Å². The molecule has 2 aromatic carbocycles. The van der Waals surface area contributed by atoms with Gasteiger partial charge in [0.25, 0.3) is 0 Å². The van der Waals surface area contributed by atoms with Crippen molar-refractivity contribution in [2.45, 2.75) is 44.3 Å². The fourth-order valence-electron chi connectivity index (χ4n) is 4.89. The summed E-state index contributed by atoms with van der Waals surface area (Å²) in [4.78, 5) is 14.0. The van der Waals surface area contributed by atoms with Crippen LogP contribution >= 0.6 is 0 Å². The van der Waals surface area contributed by atoms with E-state index in [9.17, 15) is 9.90 Å². The van der Waals surface area contributed by atoms with Crippen molar-refractivity contribution in [2.24, 2.45) is 0 Å². The van der Waals surface area contributed by atoms with Crippen molar-refractivity contribution in [2.75, 3.05) is 22.6 Å². The molecule has 2 aromatic rings. The monoisotopic (exact) mass is 349 g/mol. The van der Waals surface area contributed by atoms with Crippen molar-refractivity contribution in [3.05, 3.63) is 52.6 Å². The van der Waals surface area contributed by atoms with E-state index in [1.165, 1.54) is 11.1 Å². The van der Waals surface area contributed by atoms with Gasteiger partial charge in [0.15, 0.2) is 0 Å². The molecule has 3 aliphatic rings. The van der Waals surface area contributed by atoms with Crippen LogP contribution in [0.3, 0.4) is 0 Å². The van der Waals surface area contributed by atoms with Gasteiger partial charge in [0.1, 0.15) is 0 Å².